The summed E-state index contributed by atoms with van der Waals surface area (Å²) >= 11 is 6.63. The van der Waals surface area contributed by atoms with Crippen LogP contribution in [0, 0.1) is 11.3 Å². The van der Waals surface area contributed by atoms with E-state index in [9.17, 15) is 5.26 Å². The number of nitriles is 1. The topological polar surface area (TPSA) is 36.7 Å². The second-order valence-electron chi connectivity index (χ2n) is 4.20. The average molecular weight is 373 g/mol. The van der Waals surface area contributed by atoms with Crippen molar-refractivity contribution in [2.24, 2.45) is 0 Å². The van der Waals surface area contributed by atoms with Gasteiger partial charge in [-0.05, 0) is 23.6 Å². The minimum Gasteiger partial charge on any atom is -0.235 e. The molecule has 0 saturated heterocycles. The number of benzene rings is 1. The Morgan fingerprint density at radius 3 is 2.76 bits per heavy atom. The first-order valence-corrected chi connectivity index (χ1v) is 8.69. The van der Waals surface area contributed by atoms with Crippen LogP contribution in [0.4, 0.5) is 0 Å². The Kier molecular flexibility index (Phi) is 4.30. The molecule has 3 rings (SSSR count). The Morgan fingerprint density at radius 2 is 2.05 bits per heavy atom. The summed E-state index contributed by atoms with van der Waals surface area (Å²) in [5.41, 5.74) is 2.52. The lowest BCUT2D eigenvalue weighted by Crippen LogP contribution is -1.83. The minimum absolute atomic E-state index is 0.598. The van der Waals surface area contributed by atoms with Crippen molar-refractivity contribution < 1.29 is 0 Å². The lowest BCUT2D eigenvalue weighted by atomic mass is 10.2. The molecule has 5 heteroatoms. The molecular weight excluding hydrogens is 364 g/mol. The van der Waals surface area contributed by atoms with Crippen molar-refractivity contribution >= 4 is 50.3 Å². The van der Waals surface area contributed by atoms with Crippen molar-refractivity contribution in [3.05, 3.63) is 61.5 Å². The van der Waals surface area contributed by atoms with Crippen molar-refractivity contribution in [3.8, 4) is 17.3 Å². The van der Waals surface area contributed by atoms with E-state index in [1.54, 1.807) is 11.3 Å². The van der Waals surface area contributed by atoms with E-state index >= 15 is 0 Å². The highest BCUT2D eigenvalue weighted by Gasteiger charge is 2.11. The van der Waals surface area contributed by atoms with Gasteiger partial charge >= 0.3 is 0 Å². The third kappa shape index (κ3) is 3.13. The van der Waals surface area contributed by atoms with Crippen LogP contribution in [0.1, 0.15) is 9.88 Å². The monoisotopic (exact) mass is 372 g/mol. The number of hydrogen-bond donors (Lipinski definition) is 0. The van der Waals surface area contributed by atoms with Crippen LogP contribution in [0.5, 0.6) is 0 Å². The lowest BCUT2D eigenvalue weighted by molar-refractivity contribution is 1.36. The Balaban J connectivity index is 1.98. The summed E-state index contributed by atoms with van der Waals surface area (Å²) in [5.74, 6) is 0. The molecule has 0 bridgehead atoms. The Labute approximate surface area is 139 Å². The summed E-state index contributed by atoms with van der Waals surface area (Å²) in [5, 5.41) is 14.1. The second kappa shape index (κ2) is 6.35. The van der Waals surface area contributed by atoms with Crippen LogP contribution in [-0.4, -0.2) is 4.98 Å². The fourth-order valence-corrected chi connectivity index (χ4v) is 3.78. The predicted octanol–water partition coefficient (Wildman–Crippen LogP) is 5.70. The van der Waals surface area contributed by atoms with Gasteiger partial charge in [0, 0.05) is 20.3 Å². The van der Waals surface area contributed by atoms with Gasteiger partial charge < -0.3 is 0 Å². The van der Waals surface area contributed by atoms with E-state index in [1.165, 1.54) is 11.3 Å². The zero-order valence-electron chi connectivity index (χ0n) is 10.8. The molecule has 0 amide bonds. The summed E-state index contributed by atoms with van der Waals surface area (Å²) in [6.45, 7) is 0. The molecule has 0 aliphatic carbocycles. The number of allylic oxidation sites excluding steroid dienone is 1. The number of hydrogen-bond acceptors (Lipinski definition) is 4. The van der Waals surface area contributed by atoms with Crippen molar-refractivity contribution in [2.45, 2.75) is 0 Å². The van der Waals surface area contributed by atoms with E-state index in [0.29, 0.717) is 5.57 Å². The number of rotatable bonds is 3. The predicted molar refractivity (Wildman–Crippen MR) is 93.1 cm³/mol. The maximum absolute atomic E-state index is 9.36. The zero-order valence-corrected chi connectivity index (χ0v) is 14.0. The summed E-state index contributed by atoms with van der Waals surface area (Å²) in [4.78, 5) is 5.65. The van der Waals surface area contributed by atoms with Gasteiger partial charge in [0.15, 0.2) is 0 Å². The normalized spacial score (nSPS) is 11.3. The van der Waals surface area contributed by atoms with Gasteiger partial charge in [-0.25, -0.2) is 4.98 Å². The highest BCUT2D eigenvalue weighted by atomic mass is 79.9. The van der Waals surface area contributed by atoms with Crippen LogP contribution in [0.25, 0.3) is 22.9 Å². The maximum Gasteiger partial charge on any atom is 0.134 e. The molecule has 2 aromatic heterocycles. The molecule has 2 heterocycles. The fraction of sp³-hybridized carbons (Fsp3) is 0. The molecule has 102 valence electrons. The van der Waals surface area contributed by atoms with Crippen LogP contribution >= 0.6 is 38.6 Å². The van der Waals surface area contributed by atoms with Crippen LogP contribution in [0.3, 0.4) is 0 Å². The SMILES string of the molecule is N#C/C(=C\c1cccs1)c1nc(-c2ccccc2Br)cs1. The number of nitrogens with zero attached hydrogens (tertiary/aromatic N) is 2. The van der Waals surface area contributed by atoms with Crippen molar-refractivity contribution in [2.75, 3.05) is 0 Å². The number of thiophene rings is 1. The third-order valence-corrected chi connectivity index (χ3v) is 5.22. The molecule has 0 aliphatic rings. The van der Waals surface area contributed by atoms with Gasteiger partial charge in [-0.15, -0.1) is 22.7 Å². The molecule has 0 spiro atoms. The minimum atomic E-state index is 0.598. The van der Waals surface area contributed by atoms with Crippen molar-refractivity contribution in [1.29, 1.82) is 5.26 Å². The zero-order chi connectivity index (χ0) is 14.7. The molecular formula is C16H9BrN2S2. The van der Waals surface area contributed by atoms with E-state index in [-0.39, 0.29) is 0 Å². The quantitative estimate of drug-likeness (QED) is 0.553. The highest BCUT2D eigenvalue weighted by molar-refractivity contribution is 9.10. The first kappa shape index (κ1) is 14.2. The number of aromatic nitrogens is 1. The Morgan fingerprint density at radius 1 is 1.19 bits per heavy atom. The summed E-state index contributed by atoms with van der Waals surface area (Å²) < 4.78 is 1.00. The van der Waals surface area contributed by atoms with Crippen LogP contribution in [0.2, 0.25) is 0 Å². The average Bonchev–Trinajstić information content (AvgIpc) is 3.17. The van der Waals surface area contributed by atoms with E-state index in [1.807, 2.05) is 53.2 Å². The molecule has 0 aliphatic heterocycles. The van der Waals surface area contributed by atoms with E-state index in [0.717, 1.165) is 25.6 Å². The first-order valence-electron chi connectivity index (χ1n) is 6.14. The summed E-state index contributed by atoms with van der Waals surface area (Å²) in [6.07, 6.45) is 1.88. The van der Waals surface area contributed by atoms with Crippen LogP contribution in [0.15, 0.2) is 51.6 Å². The Bertz CT molecular complexity index is 826. The van der Waals surface area contributed by atoms with Crippen molar-refractivity contribution in [3.63, 3.8) is 0 Å². The molecule has 0 N–H and O–H groups in total. The van der Waals surface area contributed by atoms with Gasteiger partial charge in [0.2, 0.25) is 0 Å². The van der Waals surface area contributed by atoms with E-state index in [2.05, 4.69) is 27.0 Å². The molecule has 3 aromatic rings. The second-order valence-corrected chi connectivity index (χ2v) is 6.89. The van der Waals surface area contributed by atoms with Crippen LogP contribution < -0.4 is 0 Å². The molecule has 0 saturated carbocycles. The molecule has 2 nitrogen and oxygen atoms in total. The standard InChI is InChI=1S/C16H9BrN2S2/c17-14-6-2-1-5-13(14)15-10-21-16(19-15)11(9-18)8-12-4-3-7-20-12/h1-8,10H/b11-8+. The molecule has 0 fully saturated rings. The van der Waals surface area contributed by atoms with Gasteiger partial charge in [0.25, 0.3) is 0 Å². The largest absolute Gasteiger partial charge is 0.235 e. The van der Waals surface area contributed by atoms with Gasteiger partial charge in [-0.1, -0.05) is 40.2 Å². The maximum atomic E-state index is 9.36. The molecule has 0 unspecified atom stereocenters. The van der Waals surface area contributed by atoms with Crippen LogP contribution in [-0.2, 0) is 0 Å². The molecule has 0 radical (unpaired) electrons. The van der Waals surface area contributed by atoms with Gasteiger partial charge in [-0.3, -0.25) is 0 Å². The summed E-state index contributed by atoms with van der Waals surface area (Å²) in [6, 6.07) is 14.1. The fourth-order valence-electron chi connectivity index (χ4n) is 1.85. The smallest absolute Gasteiger partial charge is 0.134 e. The lowest BCUT2D eigenvalue weighted by Gasteiger charge is -1.99. The van der Waals surface area contributed by atoms with Gasteiger partial charge in [0.1, 0.15) is 11.1 Å². The molecule has 0 atom stereocenters. The third-order valence-electron chi connectivity index (χ3n) is 2.83. The number of thiazole rings is 1. The van der Waals surface area contributed by atoms with E-state index < -0.39 is 0 Å². The Hall–Kier alpha value is -1.74. The highest BCUT2D eigenvalue weighted by Crippen LogP contribution is 2.31. The van der Waals surface area contributed by atoms with Gasteiger partial charge in [0.05, 0.1) is 11.3 Å². The van der Waals surface area contributed by atoms with E-state index in [4.69, 9.17) is 0 Å². The van der Waals surface area contributed by atoms with Crippen molar-refractivity contribution in [1.82, 2.24) is 4.98 Å². The number of halogens is 1. The molecule has 21 heavy (non-hydrogen) atoms. The molecule has 1 aromatic carbocycles. The van der Waals surface area contributed by atoms with Gasteiger partial charge in [-0.2, -0.15) is 5.26 Å². The first-order chi connectivity index (χ1) is 10.3. The summed E-state index contributed by atoms with van der Waals surface area (Å²) in [7, 11) is 0.